The number of carbonyl (C=O) groups is 2. The highest BCUT2D eigenvalue weighted by Gasteiger charge is 2.24. The molecule has 26 heavy (non-hydrogen) atoms. The summed E-state index contributed by atoms with van der Waals surface area (Å²) < 4.78 is 0. The van der Waals surface area contributed by atoms with Crippen molar-refractivity contribution in [1.29, 1.82) is 0 Å². The van der Waals surface area contributed by atoms with Gasteiger partial charge in [0.25, 0.3) is 11.8 Å². The average molecular weight is 371 g/mol. The molecule has 1 aliphatic heterocycles. The number of amides is 2. The molecule has 1 saturated heterocycles. The molecule has 0 bridgehead atoms. The van der Waals surface area contributed by atoms with Crippen LogP contribution in [0, 0.1) is 12.8 Å². The Kier molecular flexibility index (Phi) is 5.77. The van der Waals surface area contributed by atoms with Gasteiger partial charge in [0.15, 0.2) is 0 Å². The van der Waals surface area contributed by atoms with Crippen LogP contribution in [0.2, 0.25) is 0 Å². The van der Waals surface area contributed by atoms with Crippen molar-refractivity contribution in [2.24, 2.45) is 5.92 Å². The lowest BCUT2D eigenvalue weighted by Crippen LogP contribution is -2.38. The van der Waals surface area contributed by atoms with Crippen LogP contribution in [0.4, 0.5) is 0 Å². The molecule has 5 heteroatoms. The van der Waals surface area contributed by atoms with Crippen LogP contribution in [0.3, 0.4) is 0 Å². The molecular weight excluding hydrogens is 344 g/mol. The zero-order valence-electron chi connectivity index (χ0n) is 15.7. The van der Waals surface area contributed by atoms with E-state index in [0.717, 1.165) is 42.8 Å². The fourth-order valence-electron chi connectivity index (χ4n) is 3.42. The second-order valence-corrected chi connectivity index (χ2v) is 8.53. The normalized spacial score (nSPS) is 15.1. The Morgan fingerprint density at radius 3 is 2.27 bits per heavy atom. The summed E-state index contributed by atoms with van der Waals surface area (Å²) in [5.74, 6) is 0.805. The lowest BCUT2D eigenvalue weighted by molar-refractivity contribution is 0.0695. The molecule has 138 valence electrons. The van der Waals surface area contributed by atoms with Gasteiger partial charge in [-0.05, 0) is 61.9 Å². The number of carbonyl (C=O) groups excluding carboxylic acids is 2. The number of hydrogen-bond donors (Lipinski definition) is 0. The number of likely N-dealkylation sites (tertiary alicyclic amines) is 1. The zero-order chi connectivity index (χ0) is 18.7. The SMILES string of the molecule is Cc1ccc(C(=O)N2CCC(Cc3ccc(C(=O)N(C)C)cc3)CC2)s1. The molecule has 1 fully saturated rings. The molecule has 2 heterocycles. The Balaban J connectivity index is 1.52. The van der Waals surface area contributed by atoms with Crippen LogP contribution < -0.4 is 0 Å². The molecule has 1 aliphatic rings. The molecule has 2 amide bonds. The third kappa shape index (κ3) is 4.33. The fraction of sp³-hybridized carbons (Fsp3) is 0.429. The van der Waals surface area contributed by atoms with Gasteiger partial charge < -0.3 is 9.80 Å². The van der Waals surface area contributed by atoms with E-state index >= 15 is 0 Å². The van der Waals surface area contributed by atoms with Crippen LogP contribution in [-0.2, 0) is 6.42 Å². The van der Waals surface area contributed by atoms with Crippen molar-refractivity contribution >= 4 is 23.2 Å². The highest BCUT2D eigenvalue weighted by molar-refractivity contribution is 7.13. The number of aryl methyl sites for hydroxylation is 1. The Morgan fingerprint density at radius 2 is 1.73 bits per heavy atom. The van der Waals surface area contributed by atoms with E-state index in [1.807, 2.05) is 36.1 Å². The first-order chi connectivity index (χ1) is 12.4. The Labute approximate surface area is 159 Å². The third-order valence-corrected chi connectivity index (χ3v) is 5.97. The number of piperidine rings is 1. The van der Waals surface area contributed by atoms with Crippen LogP contribution in [0.15, 0.2) is 36.4 Å². The maximum absolute atomic E-state index is 12.5. The predicted molar refractivity (Wildman–Crippen MR) is 106 cm³/mol. The van der Waals surface area contributed by atoms with Crippen molar-refractivity contribution in [2.45, 2.75) is 26.2 Å². The summed E-state index contributed by atoms with van der Waals surface area (Å²) in [6.45, 7) is 3.69. The Bertz CT molecular complexity index is 772. The highest BCUT2D eigenvalue weighted by Crippen LogP contribution is 2.25. The van der Waals surface area contributed by atoms with Gasteiger partial charge in [-0.25, -0.2) is 0 Å². The van der Waals surface area contributed by atoms with Crippen LogP contribution in [0.5, 0.6) is 0 Å². The van der Waals surface area contributed by atoms with Gasteiger partial charge in [-0.3, -0.25) is 9.59 Å². The van der Waals surface area contributed by atoms with E-state index in [0.29, 0.717) is 5.92 Å². The minimum atomic E-state index is 0.0344. The molecule has 0 spiro atoms. The van der Waals surface area contributed by atoms with E-state index in [2.05, 4.69) is 12.1 Å². The summed E-state index contributed by atoms with van der Waals surface area (Å²) in [4.78, 5) is 30.1. The first kappa shape index (κ1) is 18.6. The summed E-state index contributed by atoms with van der Waals surface area (Å²) in [7, 11) is 3.53. The molecule has 0 radical (unpaired) electrons. The van der Waals surface area contributed by atoms with Crippen LogP contribution in [-0.4, -0.2) is 48.8 Å². The zero-order valence-corrected chi connectivity index (χ0v) is 16.5. The molecule has 0 N–H and O–H groups in total. The topological polar surface area (TPSA) is 40.6 Å². The maximum Gasteiger partial charge on any atom is 0.263 e. The van der Waals surface area contributed by atoms with Crippen molar-refractivity contribution in [3.05, 3.63) is 57.3 Å². The van der Waals surface area contributed by atoms with Crippen molar-refractivity contribution in [2.75, 3.05) is 27.2 Å². The number of benzene rings is 1. The molecule has 2 aromatic rings. The van der Waals surface area contributed by atoms with E-state index < -0.39 is 0 Å². The van der Waals surface area contributed by atoms with E-state index in [1.54, 1.807) is 30.3 Å². The van der Waals surface area contributed by atoms with Gasteiger partial charge in [-0.1, -0.05) is 12.1 Å². The number of nitrogens with zero attached hydrogens (tertiary/aromatic N) is 2. The van der Waals surface area contributed by atoms with Gasteiger partial charge in [0.05, 0.1) is 4.88 Å². The van der Waals surface area contributed by atoms with Crippen LogP contribution >= 0.6 is 11.3 Å². The summed E-state index contributed by atoms with van der Waals surface area (Å²) in [5, 5.41) is 0. The molecule has 1 aromatic carbocycles. The van der Waals surface area contributed by atoms with Crippen molar-refractivity contribution in [3.63, 3.8) is 0 Å². The largest absolute Gasteiger partial charge is 0.345 e. The van der Waals surface area contributed by atoms with Gasteiger partial charge in [0, 0.05) is 37.6 Å². The molecule has 0 atom stereocenters. The van der Waals surface area contributed by atoms with Gasteiger partial charge in [0.2, 0.25) is 0 Å². The van der Waals surface area contributed by atoms with Gasteiger partial charge in [-0.2, -0.15) is 0 Å². The molecule has 0 aliphatic carbocycles. The standard InChI is InChI=1S/C21H26N2O2S/c1-15-4-9-19(26-15)21(25)23-12-10-17(11-13-23)14-16-5-7-18(8-6-16)20(24)22(2)3/h4-9,17H,10-14H2,1-3H3. The lowest BCUT2D eigenvalue weighted by Gasteiger charge is -2.32. The predicted octanol–water partition coefficient (Wildman–Crippen LogP) is 3.85. The quantitative estimate of drug-likeness (QED) is 0.820. The molecule has 4 nitrogen and oxygen atoms in total. The molecule has 3 rings (SSSR count). The Hall–Kier alpha value is -2.14. The number of hydrogen-bond acceptors (Lipinski definition) is 3. The monoisotopic (exact) mass is 370 g/mol. The molecule has 0 unspecified atom stereocenters. The smallest absolute Gasteiger partial charge is 0.263 e. The fourth-order valence-corrected chi connectivity index (χ4v) is 4.26. The van der Waals surface area contributed by atoms with Gasteiger partial charge in [0.1, 0.15) is 0 Å². The van der Waals surface area contributed by atoms with Crippen molar-refractivity contribution < 1.29 is 9.59 Å². The highest BCUT2D eigenvalue weighted by atomic mass is 32.1. The first-order valence-electron chi connectivity index (χ1n) is 9.10. The molecule has 1 aromatic heterocycles. The third-order valence-electron chi connectivity index (χ3n) is 4.98. The lowest BCUT2D eigenvalue weighted by atomic mass is 9.90. The van der Waals surface area contributed by atoms with Crippen LogP contribution in [0.1, 0.15) is 43.3 Å². The average Bonchev–Trinajstić information content (AvgIpc) is 3.08. The van der Waals surface area contributed by atoms with Crippen LogP contribution in [0.25, 0.3) is 0 Å². The second kappa shape index (κ2) is 8.04. The number of thiophene rings is 1. The summed E-state index contributed by atoms with van der Waals surface area (Å²) in [6, 6.07) is 11.9. The van der Waals surface area contributed by atoms with Gasteiger partial charge in [-0.15, -0.1) is 11.3 Å². The first-order valence-corrected chi connectivity index (χ1v) is 9.92. The minimum absolute atomic E-state index is 0.0344. The summed E-state index contributed by atoms with van der Waals surface area (Å²) >= 11 is 1.58. The summed E-state index contributed by atoms with van der Waals surface area (Å²) in [6.07, 6.45) is 3.08. The maximum atomic E-state index is 12.5. The van der Waals surface area contributed by atoms with Crippen molar-refractivity contribution in [3.8, 4) is 0 Å². The van der Waals surface area contributed by atoms with E-state index in [1.165, 1.54) is 10.4 Å². The number of rotatable bonds is 4. The summed E-state index contributed by atoms with van der Waals surface area (Å²) in [5.41, 5.74) is 1.99. The Morgan fingerprint density at radius 1 is 1.08 bits per heavy atom. The minimum Gasteiger partial charge on any atom is -0.345 e. The van der Waals surface area contributed by atoms with Gasteiger partial charge >= 0.3 is 0 Å². The second-order valence-electron chi connectivity index (χ2n) is 7.25. The molecule has 0 saturated carbocycles. The van der Waals surface area contributed by atoms with E-state index in [-0.39, 0.29) is 11.8 Å². The molecular formula is C21H26N2O2S. The van der Waals surface area contributed by atoms with E-state index in [4.69, 9.17) is 0 Å². The van der Waals surface area contributed by atoms with Crippen molar-refractivity contribution in [1.82, 2.24) is 9.80 Å². The van der Waals surface area contributed by atoms with E-state index in [9.17, 15) is 9.59 Å².